The third-order valence-electron chi connectivity index (χ3n) is 3.59. The molecule has 4 nitrogen and oxygen atoms in total. The van der Waals surface area contributed by atoms with Crippen LogP contribution < -0.4 is 16.0 Å². The van der Waals surface area contributed by atoms with Crippen molar-refractivity contribution < 1.29 is 4.79 Å². The van der Waals surface area contributed by atoms with E-state index in [1.807, 2.05) is 18.2 Å². The number of amides is 2. The topological polar surface area (TPSA) is 53.2 Å². The molecule has 2 rings (SSSR count). The van der Waals surface area contributed by atoms with E-state index in [4.69, 9.17) is 0 Å². The number of rotatable bonds is 7. The van der Waals surface area contributed by atoms with Gasteiger partial charge in [-0.15, -0.1) is 0 Å². The fourth-order valence-corrected chi connectivity index (χ4v) is 2.10. The fourth-order valence-electron chi connectivity index (χ4n) is 2.10. The standard InChI is InChI=1S/C16H25N3O/c1-3-9-17-12(2)14-5-4-6-15(10-14)19-16(20)18-11-13-7-8-13/h4-6,10,12-13,17H,3,7-9,11H2,1-2H3,(H2,18,19,20). The van der Waals surface area contributed by atoms with E-state index in [1.165, 1.54) is 18.4 Å². The lowest BCUT2D eigenvalue weighted by molar-refractivity contribution is 0.251. The minimum absolute atomic E-state index is 0.108. The lowest BCUT2D eigenvalue weighted by Gasteiger charge is -2.15. The summed E-state index contributed by atoms with van der Waals surface area (Å²) in [5.74, 6) is 0.699. The molecule has 1 fully saturated rings. The van der Waals surface area contributed by atoms with Crippen LogP contribution in [0.2, 0.25) is 0 Å². The summed E-state index contributed by atoms with van der Waals surface area (Å²) in [6.45, 7) is 6.09. The van der Waals surface area contributed by atoms with E-state index in [0.717, 1.165) is 25.2 Å². The third-order valence-corrected chi connectivity index (χ3v) is 3.59. The Bertz CT molecular complexity index is 443. The van der Waals surface area contributed by atoms with E-state index >= 15 is 0 Å². The highest BCUT2D eigenvalue weighted by atomic mass is 16.2. The summed E-state index contributed by atoms with van der Waals surface area (Å²) in [5, 5.41) is 9.26. The van der Waals surface area contributed by atoms with Crippen LogP contribution in [0.4, 0.5) is 10.5 Å². The van der Waals surface area contributed by atoms with Crippen LogP contribution in [0, 0.1) is 5.92 Å². The molecule has 0 aliphatic heterocycles. The number of benzene rings is 1. The maximum Gasteiger partial charge on any atom is 0.319 e. The van der Waals surface area contributed by atoms with E-state index in [-0.39, 0.29) is 6.03 Å². The molecule has 0 spiro atoms. The van der Waals surface area contributed by atoms with Crippen molar-refractivity contribution in [2.45, 2.75) is 39.2 Å². The quantitative estimate of drug-likeness (QED) is 0.715. The first-order chi connectivity index (χ1) is 9.69. The van der Waals surface area contributed by atoms with Crippen LogP contribution in [0.25, 0.3) is 0 Å². The average Bonchev–Trinajstić information content (AvgIpc) is 3.27. The first kappa shape index (κ1) is 14.9. The van der Waals surface area contributed by atoms with Crippen LogP contribution in [-0.2, 0) is 0 Å². The van der Waals surface area contributed by atoms with Gasteiger partial charge in [-0.2, -0.15) is 0 Å². The van der Waals surface area contributed by atoms with Crippen LogP contribution in [-0.4, -0.2) is 19.1 Å². The van der Waals surface area contributed by atoms with Crippen molar-refractivity contribution in [1.82, 2.24) is 10.6 Å². The fraction of sp³-hybridized carbons (Fsp3) is 0.562. The Morgan fingerprint density at radius 3 is 2.90 bits per heavy atom. The normalized spacial score (nSPS) is 15.7. The lowest BCUT2D eigenvalue weighted by atomic mass is 10.1. The number of hydrogen-bond donors (Lipinski definition) is 3. The maximum absolute atomic E-state index is 11.8. The van der Waals surface area contributed by atoms with Crippen molar-refractivity contribution in [3.8, 4) is 0 Å². The molecule has 3 N–H and O–H groups in total. The van der Waals surface area contributed by atoms with Crippen LogP contribution >= 0.6 is 0 Å². The molecule has 0 saturated heterocycles. The molecule has 20 heavy (non-hydrogen) atoms. The molecule has 4 heteroatoms. The first-order valence-electron chi connectivity index (χ1n) is 7.57. The average molecular weight is 275 g/mol. The Kier molecular flexibility index (Phi) is 5.41. The summed E-state index contributed by atoms with van der Waals surface area (Å²) in [7, 11) is 0. The van der Waals surface area contributed by atoms with Gasteiger partial charge in [-0.1, -0.05) is 19.1 Å². The number of carbonyl (C=O) groups excluding carboxylic acids is 1. The second kappa shape index (κ2) is 7.29. The van der Waals surface area contributed by atoms with Crippen molar-refractivity contribution >= 4 is 11.7 Å². The zero-order valence-corrected chi connectivity index (χ0v) is 12.4. The molecule has 1 unspecified atom stereocenters. The van der Waals surface area contributed by atoms with Gasteiger partial charge in [-0.05, 0) is 56.3 Å². The van der Waals surface area contributed by atoms with Crippen molar-refractivity contribution in [3.05, 3.63) is 29.8 Å². The summed E-state index contributed by atoms with van der Waals surface area (Å²) in [6.07, 6.45) is 3.61. The van der Waals surface area contributed by atoms with Gasteiger partial charge < -0.3 is 16.0 Å². The minimum atomic E-state index is -0.108. The summed E-state index contributed by atoms with van der Waals surface area (Å²) in [4.78, 5) is 11.8. The Morgan fingerprint density at radius 1 is 1.40 bits per heavy atom. The highest BCUT2D eigenvalue weighted by molar-refractivity contribution is 5.89. The van der Waals surface area contributed by atoms with E-state index in [9.17, 15) is 4.79 Å². The van der Waals surface area contributed by atoms with Gasteiger partial charge in [0.15, 0.2) is 0 Å². The molecule has 1 saturated carbocycles. The zero-order chi connectivity index (χ0) is 14.4. The van der Waals surface area contributed by atoms with Gasteiger partial charge in [-0.25, -0.2) is 4.79 Å². The molecule has 1 aromatic rings. The molecule has 1 atom stereocenters. The summed E-state index contributed by atoms with van der Waals surface area (Å²) in [5.41, 5.74) is 2.04. The highest BCUT2D eigenvalue weighted by Gasteiger charge is 2.21. The minimum Gasteiger partial charge on any atom is -0.338 e. The van der Waals surface area contributed by atoms with Crippen LogP contribution in [0.3, 0.4) is 0 Å². The monoisotopic (exact) mass is 275 g/mol. The zero-order valence-electron chi connectivity index (χ0n) is 12.4. The highest BCUT2D eigenvalue weighted by Crippen LogP contribution is 2.27. The number of nitrogens with one attached hydrogen (secondary N) is 3. The van der Waals surface area contributed by atoms with E-state index < -0.39 is 0 Å². The molecule has 0 heterocycles. The smallest absolute Gasteiger partial charge is 0.319 e. The van der Waals surface area contributed by atoms with E-state index in [2.05, 4.69) is 35.9 Å². The molecule has 0 aromatic heterocycles. The molecule has 2 amide bonds. The molecule has 1 aromatic carbocycles. The molecular formula is C16H25N3O. The van der Waals surface area contributed by atoms with Gasteiger partial charge in [0.25, 0.3) is 0 Å². The van der Waals surface area contributed by atoms with Crippen molar-refractivity contribution in [2.24, 2.45) is 5.92 Å². The third kappa shape index (κ3) is 4.85. The van der Waals surface area contributed by atoms with Crippen molar-refractivity contribution in [3.63, 3.8) is 0 Å². The predicted octanol–water partition coefficient (Wildman–Crippen LogP) is 3.28. The largest absolute Gasteiger partial charge is 0.338 e. The van der Waals surface area contributed by atoms with Crippen molar-refractivity contribution in [1.29, 1.82) is 0 Å². The molecule has 0 bridgehead atoms. The number of carbonyl (C=O) groups is 1. The van der Waals surface area contributed by atoms with Crippen LogP contribution in [0.15, 0.2) is 24.3 Å². The SMILES string of the molecule is CCCNC(C)c1cccc(NC(=O)NCC2CC2)c1. The van der Waals surface area contributed by atoms with Gasteiger partial charge in [0.05, 0.1) is 0 Å². The van der Waals surface area contributed by atoms with Crippen LogP contribution in [0.1, 0.15) is 44.7 Å². The van der Waals surface area contributed by atoms with Crippen molar-refractivity contribution in [2.75, 3.05) is 18.4 Å². The second-order valence-corrected chi connectivity index (χ2v) is 5.58. The molecule has 1 aliphatic carbocycles. The van der Waals surface area contributed by atoms with E-state index in [0.29, 0.717) is 12.0 Å². The molecular weight excluding hydrogens is 250 g/mol. The van der Waals surface area contributed by atoms with Gasteiger partial charge in [0.1, 0.15) is 0 Å². The van der Waals surface area contributed by atoms with Gasteiger partial charge in [-0.3, -0.25) is 0 Å². The number of urea groups is 1. The Labute approximate surface area is 121 Å². The number of anilines is 1. The predicted molar refractivity (Wildman–Crippen MR) is 82.9 cm³/mol. The maximum atomic E-state index is 11.8. The summed E-state index contributed by atoms with van der Waals surface area (Å²) < 4.78 is 0. The Balaban J connectivity index is 1.85. The summed E-state index contributed by atoms with van der Waals surface area (Å²) in [6, 6.07) is 8.21. The Hall–Kier alpha value is -1.55. The first-order valence-corrected chi connectivity index (χ1v) is 7.57. The van der Waals surface area contributed by atoms with Gasteiger partial charge >= 0.3 is 6.03 Å². The summed E-state index contributed by atoms with van der Waals surface area (Å²) >= 11 is 0. The molecule has 0 radical (unpaired) electrons. The van der Waals surface area contributed by atoms with Crippen LogP contribution in [0.5, 0.6) is 0 Å². The van der Waals surface area contributed by atoms with Gasteiger partial charge in [0.2, 0.25) is 0 Å². The number of hydrogen-bond acceptors (Lipinski definition) is 2. The Morgan fingerprint density at radius 2 is 2.20 bits per heavy atom. The second-order valence-electron chi connectivity index (χ2n) is 5.58. The molecule has 110 valence electrons. The molecule has 1 aliphatic rings. The van der Waals surface area contributed by atoms with Gasteiger partial charge in [0, 0.05) is 18.3 Å². The van der Waals surface area contributed by atoms with E-state index in [1.54, 1.807) is 0 Å². The lowest BCUT2D eigenvalue weighted by Crippen LogP contribution is -2.30.